The molecule has 1 aromatic rings. The maximum absolute atomic E-state index is 12.7. The molecule has 4 heteroatoms. The number of hydrogen-bond acceptors (Lipinski definition) is 3. The lowest BCUT2D eigenvalue weighted by atomic mass is 9.97. The lowest BCUT2D eigenvalue weighted by Gasteiger charge is -2.33. The van der Waals surface area contributed by atoms with Crippen molar-refractivity contribution in [1.29, 1.82) is 0 Å². The summed E-state index contributed by atoms with van der Waals surface area (Å²) in [6.07, 6.45) is 3.17. The molecule has 1 aliphatic rings. The van der Waals surface area contributed by atoms with Crippen LogP contribution in [0.2, 0.25) is 0 Å². The zero-order valence-corrected chi connectivity index (χ0v) is 12.9. The third-order valence-electron chi connectivity index (χ3n) is 3.68. The van der Waals surface area contributed by atoms with Crippen LogP contribution < -0.4 is 0 Å². The number of nitrogens with zero attached hydrogens (tertiary/aromatic N) is 1. The summed E-state index contributed by atoms with van der Waals surface area (Å²) in [5.74, 6) is 0.260. The van der Waals surface area contributed by atoms with E-state index in [0.717, 1.165) is 51.1 Å². The molecule has 0 amide bonds. The predicted octanol–water partition coefficient (Wildman–Crippen LogP) is 3.18. The summed E-state index contributed by atoms with van der Waals surface area (Å²) in [5.41, 5.74) is 0.829. The van der Waals surface area contributed by atoms with Gasteiger partial charge in [-0.1, -0.05) is 50.1 Å². The van der Waals surface area contributed by atoms with Crippen molar-refractivity contribution in [2.24, 2.45) is 0 Å². The lowest BCUT2D eigenvalue weighted by Crippen LogP contribution is -2.47. The molecule has 1 fully saturated rings. The maximum atomic E-state index is 12.7. The number of carbonyl (C=O) groups excluding carboxylic acids is 1. The Morgan fingerprint density at radius 3 is 2.50 bits per heavy atom. The van der Waals surface area contributed by atoms with Gasteiger partial charge in [0.2, 0.25) is 0 Å². The molecule has 1 aromatic carbocycles. The lowest BCUT2D eigenvalue weighted by molar-refractivity contribution is 0.0157. The van der Waals surface area contributed by atoms with E-state index in [1.807, 2.05) is 30.3 Å². The van der Waals surface area contributed by atoms with Gasteiger partial charge >= 0.3 is 0 Å². The van der Waals surface area contributed by atoms with Crippen LogP contribution >= 0.6 is 12.4 Å². The van der Waals surface area contributed by atoms with Gasteiger partial charge in [-0.2, -0.15) is 0 Å². The Hall–Kier alpha value is -0.900. The molecule has 3 nitrogen and oxygen atoms in total. The molecule has 112 valence electrons. The highest BCUT2D eigenvalue weighted by molar-refractivity contribution is 6.00. The number of carbonyl (C=O) groups is 1. The van der Waals surface area contributed by atoms with Crippen molar-refractivity contribution in [3.05, 3.63) is 35.9 Å². The Bertz CT molecular complexity index is 391. The average Bonchev–Trinajstić information content (AvgIpc) is 2.49. The van der Waals surface area contributed by atoms with Crippen LogP contribution in [0.15, 0.2) is 30.3 Å². The number of benzene rings is 1. The van der Waals surface area contributed by atoms with Gasteiger partial charge in [-0.15, -0.1) is 12.4 Å². The monoisotopic (exact) mass is 297 g/mol. The van der Waals surface area contributed by atoms with Crippen LogP contribution in [0.25, 0.3) is 0 Å². The van der Waals surface area contributed by atoms with E-state index in [-0.39, 0.29) is 24.2 Å². The van der Waals surface area contributed by atoms with E-state index in [1.54, 1.807) is 0 Å². The molecule has 1 heterocycles. The van der Waals surface area contributed by atoms with Crippen molar-refractivity contribution in [3.8, 4) is 0 Å². The second kappa shape index (κ2) is 9.11. The highest BCUT2D eigenvalue weighted by atomic mass is 35.5. The Morgan fingerprint density at radius 2 is 1.90 bits per heavy atom. The van der Waals surface area contributed by atoms with E-state index >= 15 is 0 Å². The minimum absolute atomic E-state index is 0. The number of ketones is 1. The van der Waals surface area contributed by atoms with E-state index in [1.165, 1.54) is 0 Å². The van der Waals surface area contributed by atoms with Gasteiger partial charge in [0.15, 0.2) is 5.78 Å². The molecule has 1 aliphatic heterocycles. The zero-order chi connectivity index (χ0) is 13.5. The zero-order valence-electron chi connectivity index (χ0n) is 12.1. The molecule has 2 rings (SSSR count). The Morgan fingerprint density at radius 1 is 1.25 bits per heavy atom. The summed E-state index contributed by atoms with van der Waals surface area (Å²) in [5, 5.41) is 0. The molecule has 20 heavy (non-hydrogen) atoms. The third kappa shape index (κ3) is 4.58. The number of Topliss-reactive ketones (excluding diaryl/α,β-unsaturated/α-hetero) is 1. The highest BCUT2D eigenvalue weighted by Crippen LogP contribution is 2.16. The predicted molar refractivity (Wildman–Crippen MR) is 83.7 cm³/mol. The van der Waals surface area contributed by atoms with Crippen LogP contribution in [-0.4, -0.2) is 43.0 Å². The number of morpholine rings is 1. The number of halogens is 1. The highest BCUT2D eigenvalue weighted by Gasteiger charge is 2.27. The Balaban J connectivity index is 0.00000200. The van der Waals surface area contributed by atoms with Gasteiger partial charge in [-0.05, 0) is 6.42 Å². The van der Waals surface area contributed by atoms with Gasteiger partial charge in [-0.25, -0.2) is 0 Å². The Kier molecular flexibility index (Phi) is 7.82. The quantitative estimate of drug-likeness (QED) is 0.755. The van der Waals surface area contributed by atoms with Gasteiger partial charge in [0.1, 0.15) is 0 Å². The first-order valence-electron chi connectivity index (χ1n) is 7.24. The summed E-state index contributed by atoms with van der Waals surface area (Å²) >= 11 is 0. The number of rotatable bonds is 6. The second-order valence-corrected chi connectivity index (χ2v) is 5.04. The smallest absolute Gasteiger partial charge is 0.179 e. The number of hydrogen-bond donors (Lipinski definition) is 0. The minimum atomic E-state index is 0. The molecular weight excluding hydrogens is 274 g/mol. The first-order valence-corrected chi connectivity index (χ1v) is 7.24. The fourth-order valence-electron chi connectivity index (χ4n) is 2.56. The van der Waals surface area contributed by atoms with E-state index in [0.29, 0.717) is 0 Å². The standard InChI is InChI=1S/C16H23NO2.ClH/c1-2-3-9-15(17-10-12-19-13-11-17)16(18)14-7-5-4-6-8-14;/h4-8,15H,2-3,9-13H2,1H3;1H. The molecule has 1 saturated heterocycles. The van der Waals surface area contributed by atoms with Crippen molar-refractivity contribution in [1.82, 2.24) is 4.90 Å². The van der Waals surface area contributed by atoms with E-state index in [2.05, 4.69) is 11.8 Å². The van der Waals surface area contributed by atoms with Gasteiger partial charge in [0.05, 0.1) is 19.3 Å². The van der Waals surface area contributed by atoms with Crippen molar-refractivity contribution >= 4 is 18.2 Å². The summed E-state index contributed by atoms with van der Waals surface area (Å²) in [6, 6.07) is 9.68. The van der Waals surface area contributed by atoms with E-state index < -0.39 is 0 Å². The number of unbranched alkanes of at least 4 members (excludes halogenated alkanes) is 1. The van der Waals surface area contributed by atoms with Crippen molar-refractivity contribution in [3.63, 3.8) is 0 Å². The molecule has 1 unspecified atom stereocenters. The minimum Gasteiger partial charge on any atom is -0.379 e. The van der Waals surface area contributed by atoms with E-state index in [9.17, 15) is 4.79 Å². The topological polar surface area (TPSA) is 29.5 Å². The van der Waals surface area contributed by atoms with Crippen LogP contribution in [0.4, 0.5) is 0 Å². The van der Waals surface area contributed by atoms with Crippen LogP contribution in [0, 0.1) is 0 Å². The summed E-state index contributed by atoms with van der Waals surface area (Å²) in [7, 11) is 0. The SMILES string of the molecule is CCCCC(C(=O)c1ccccc1)N1CCOCC1.Cl. The van der Waals surface area contributed by atoms with Crippen molar-refractivity contribution in [2.75, 3.05) is 26.3 Å². The summed E-state index contributed by atoms with van der Waals surface area (Å²) in [6.45, 7) is 5.39. The summed E-state index contributed by atoms with van der Waals surface area (Å²) in [4.78, 5) is 15.0. The third-order valence-corrected chi connectivity index (χ3v) is 3.68. The molecule has 0 N–H and O–H groups in total. The second-order valence-electron chi connectivity index (χ2n) is 5.04. The van der Waals surface area contributed by atoms with Crippen LogP contribution in [0.1, 0.15) is 36.5 Å². The molecule has 1 atom stereocenters. The van der Waals surface area contributed by atoms with Gasteiger partial charge in [0, 0.05) is 18.7 Å². The normalized spacial score (nSPS) is 17.2. The number of ether oxygens (including phenoxy) is 1. The molecule has 0 aromatic heterocycles. The van der Waals surface area contributed by atoms with Gasteiger partial charge in [0.25, 0.3) is 0 Å². The fourth-order valence-corrected chi connectivity index (χ4v) is 2.56. The van der Waals surface area contributed by atoms with Crippen molar-refractivity contribution in [2.45, 2.75) is 32.2 Å². The Labute approximate surface area is 127 Å². The molecular formula is C16H24ClNO2. The molecule has 0 saturated carbocycles. The van der Waals surface area contributed by atoms with Crippen LogP contribution in [-0.2, 0) is 4.74 Å². The molecule has 0 aliphatic carbocycles. The molecule has 0 spiro atoms. The largest absolute Gasteiger partial charge is 0.379 e. The fraction of sp³-hybridized carbons (Fsp3) is 0.562. The van der Waals surface area contributed by atoms with Crippen LogP contribution in [0.5, 0.6) is 0 Å². The molecule has 0 radical (unpaired) electrons. The van der Waals surface area contributed by atoms with Crippen molar-refractivity contribution < 1.29 is 9.53 Å². The first-order chi connectivity index (χ1) is 9.33. The maximum Gasteiger partial charge on any atom is 0.179 e. The molecule has 0 bridgehead atoms. The van der Waals surface area contributed by atoms with Gasteiger partial charge < -0.3 is 4.74 Å². The van der Waals surface area contributed by atoms with Gasteiger partial charge in [-0.3, -0.25) is 9.69 Å². The van der Waals surface area contributed by atoms with E-state index in [4.69, 9.17) is 4.74 Å². The first kappa shape index (κ1) is 17.2. The average molecular weight is 298 g/mol. The summed E-state index contributed by atoms with van der Waals surface area (Å²) < 4.78 is 5.39. The van der Waals surface area contributed by atoms with Crippen LogP contribution in [0.3, 0.4) is 0 Å².